The quantitative estimate of drug-likeness (QED) is 0.752. The number of hydrogen-bond acceptors (Lipinski definition) is 5. The van der Waals surface area contributed by atoms with Crippen LogP contribution < -0.4 is 14.2 Å². The minimum atomic E-state index is -0.435. The second-order valence-corrected chi connectivity index (χ2v) is 5.05. The van der Waals surface area contributed by atoms with E-state index in [4.69, 9.17) is 30.5 Å². The first-order valence-electron chi connectivity index (χ1n) is 6.80. The molecule has 0 unspecified atom stereocenters. The van der Waals surface area contributed by atoms with Crippen LogP contribution in [0.1, 0.15) is 15.9 Å². The van der Waals surface area contributed by atoms with Crippen molar-refractivity contribution in [2.24, 2.45) is 0 Å². The van der Waals surface area contributed by atoms with Gasteiger partial charge in [-0.05, 0) is 42.0 Å². The van der Waals surface area contributed by atoms with Gasteiger partial charge in [0.05, 0.1) is 26.9 Å². The fraction of sp³-hybridized carbons (Fsp3) is 0.235. The highest BCUT2D eigenvalue weighted by atomic mass is 35.5. The number of esters is 1. The van der Waals surface area contributed by atoms with Gasteiger partial charge in [0.25, 0.3) is 0 Å². The summed E-state index contributed by atoms with van der Waals surface area (Å²) in [6, 6.07) is 9.96. The Kier molecular flexibility index (Phi) is 5.71. The summed E-state index contributed by atoms with van der Waals surface area (Å²) in [7, 11) is 4.59. The lowest BCUT2D eigenvalue weighted by Crippen LogP contribution is -2.05. The minimum Gasteiger partial charge on any atom is -0.493 e. The van der Waals surface area contributed by atoms with E-state index in [1.807, 2.05) is 0 Å². The van der Waals surface area contributed by atoms with Crippen molar-refractivity contribution in [3.8, 4) is 17.2 Å². The third-order valence-electron chi connectivity index (χ3n) is 3.17. The van der Waals surface area contributed by atoms with Gasteiger partial charge in [-0.3, -0.25) is 0 Å². The number of rotatable bonds is 6. The summed E-state index contributed by atoms with van der Waals surface area (Å²) in [5.74, 6) is 1.06. The van der Waals surface area contributed by atoms with Crippen molar-refractivity contribution in [2.45, 2.75) is 6.61 Å². The molecule has 0 aliphatic rings. The zero-order chi connectivity index (χ0) is 16.8. The van der Waals surface area contributed by atoms with E-state index in [1.165, 1.54) is 21.3 Å². The Bertz CT molecular complexity index is 657. The van der Waals surface area contributed by atoms with Crippen LogP contribution in [0.5, 0.6) is 17.2 Å². The monoisotopic (exact) mass is 336 g/mol. The first-order valence-corrected chi connectivity index (χ1v) is 7.18. The van der Waals surface area contributed by atoms with Gasteiger partial charge in [-0.1, -0.05) is 11.6 Å². The van der Waals surface area contributed by atoms with E-state index in [2.05, 4.69) is 0 Å². The second-order valence-electron chi connectivity index (χ2n) is 4.62. The molecule has 2 aromatic rings. The lowest BCUT2D eigenvalue weighted by Gasteiger charge is -2.14. The van der Waals surface area contributed by atoms with Gasteiger partial charge in [0.1, 0.15) is 6.61 Å². The molecule has 0 atom stereocenters. The third-order valence-corrected chi connectivity index (χ3v) is 3.43. The topological polar surface area (TPSA) is 54.0 Å². The zero-order valence-corrected chi connectivity index (χ0v) is 13.8. The van der Waals surface area contributed by atoms with E-state index in [9.17, 15) is 4.79 Å². The van der Waals surface area contributed by atoms with E-state index in [0.29, 0.717) is 27.8 Å². The van der Waals surface area contributed by atoms with Gasteiger partial charge in [0, 0.05) is 5.02 Å². The van der Waals surface area contributed by atoms with E-state index in [0.717, 1.165) is 5.56 Å². The van der Waals surface area contributed by atoms with E-state index in [-0.39, 0.29) is 6.61 Å². The van der Waals surface area contributed by atoms with Crippen molar-refractivity contribution in [1.29, 1.82) is 0 Å². The summed E-state index contributed by atoms with van der Waals surface area (Å²) < 4.78 is 21.1. The molecular weight excluding hydrogens is 320 g/mol. The van der Waals surface area contributed by atoms with Crippen LogP contribution >= 0.6 is 11.6 Å². The number of carbonyl (C=O) groups is 1. The molecule has 6 heteroatoms. The van der Waals surface area contributed by atoms with Gasteiger partial charge in [0.15, 0.2) is 11.5 Å². The number of hydrogen-bond donors (Lipinski definition) is 0. The Balaban J connectivity index is 2.13. The minimum absolute atomic E-state index is 0.0815. The van der Waals surface area contributed by atoms with Gasteiger partial charge < -0.3 is 18.9 Å². The predicted octanol–water partition coefficient (Wildman–Crippen LogP) is 3.72. The maximum atomic E-state index is 12.0. The maximum absolute atomic E-state index is 12.0. The number of halogens is 1. The van der Waals surface area contributed by atoms with Crippen LogP contribution in [0.25, 0.3) is 0 Å². The summed E-state index contributed by atoms with van der Waals surface area (Å²) in [5, 5.41) is 0.561. The van der Waals surface area contributed by atoms with Crippen molar-refractivity contribution >= 4 is 17.6 Å². The Morgan fingerprint density at radius 1 is 0.957 bits per heavy atom. The Labute approximate surface area is 139 Å². The van der Waals surface area contributed by atoms with Crippen LogP contribution in [-0.4, -0.2) is 27.3 Å². The number of ether oxygens (including phenoxy) is 4. The predicted molar refractivity (Wildman–Crippen MR) is 86.7 cm³/mol. The highest BCUT2D eigenvalue weighted by molar-refractivity contribution is 6.30. The van der Waals surface area contributed by atoms with Gasteiger partial charge >= 0.3 is 5.97 Å². The standard InChI is InChI=1S/C17H17ClO5/c1-20-14-8-11(9-15(21-2)16(14)22-3)10-23-17(19)12-4-6-13(18)7-5-12/h4-9H,10H2,1-3H3. The number of carbonyl (C=O) groups excluding carboxylic acids is 1. The summed E-state index contributed by atoms with van der Waals surface area (Å²) in [4.78, 5) is 12.0. The first-order chi connectivity index (χ1) is 11.1. The molecule has 0 saturated heterocycles. The van der Waals surface area contributed by atoms with Crippen molar-refractivity contribution in [1.82, 2.24) is 0 Å². The fourth-order valence-electron chi connectivity index (χ4n) is 2.04. The molecule has 2 rings (SSSR count). The lowest BCUT2D eigenvalue weighted by molar-refractivity contribution is 0.0472. The number of methoxy groups -OCH3 is 3. The molecule has 0 saturated carbocycles. The van der Waals surface area contributed by atoms with E-state index < -0.39 is 5.97 Å². The van der Waals surface area contributed by atoms with Crippen LogP contribution in [0.2, 0.25) is 5.02 Å². The average Bonchev–Trinajstić information content (AvgIpc) is 2.59. The summed E-state index contributed by atoms with van der Waals surface area (Å²) in [5.41, 5.74) is 1.16. The Morgan fingerprint density at radius 2 is 1.52 bits per heavy atom. The van der Waals surface area contributed by atoms with Gasteiger partial charge in [0.2, 0.25) is 5.75 Å². The molecule has 0 spiro atoms. The SMILES string of the molecule is COc1cc(COC(=O)c2ccc(Cl)cc2)cc(OC)c1OC. The Morgan fingerprint density at radius 3 is 2.00 bits per heavy atom. The number of benzene rings is 2. The second kappa shape index (κ2) is 7.74. The van der Waals surface area contributed by atoms with Gasteiger partial charge in [-0.15, -0.1) is 0 Å². The van der Waals surface area contributed by atoms with Crippen LogP contribution in [0.15, 0.2) is 36.4 Å². The fourth-order valence-corrected chi connectivity index (χ4v) is 2.16. The molecule has 0 aliphatic heterocycles. The molecule has 0 amide bonds. The van der Waals surface area contributed by atoms with Crippen molar-refractivity contribution in [2.75, 3.05) is 21.3 Å². The molecule has 0 aliphatic carbocycles. The van der Waals surface area contributed by atoms with Crippen LogP contribution in [0.4, 0.5) is 0 Å². The Hall–Kier alpha value is -2.40. The molecule has 0 bridgehead atoms. The molecule has 0 aromatic heterocycles. The maximum Gasteiger partial charge on any atom is 0.338 e. The molecule has 122 valence electrons. The molecule has 0 radical (unpaired) electrons. The first kappa shape index (κ1) is 17.0. The molecule has 0 fully saturated rings. The van der Waals surface area contributed by atoms with Crippen LogP contribution in [0, 0.1) is 0 Å². The molecule has 0 N–H and O–H groups in total. The van der Waals surface area contributed by atoms with Gasteiger partial charge in [-0.25, -0.2) is 4.79 Å². The normalized spacial score (nSPS) is 10.1. The summed E-state index contributed by atoms with van der Waals surface area (Å²) in [6.45, 7) is 0.0815. The van der Waals surface area contributed by atoms with Crippen molar-refractivity contribution < 1.29 is 23.7 Å². The third kappa shape index (κ3) is 4.07. The lowest BCUT2D eigenvalue weighted by atomic mass is 10.2. The van der Waals surface area contributed by atoms with Crippen molar-refractivity contribution in [3.05, 3.63) is 52.5 Å². The smallest absolute Gasteiger partial charge is 0.338 e. The summed E-state index contributed by atoms with van der Waals surface area (Å²) >= 11 is 5.79. The van der Waals surface area contributed by atoms with Crippen LogP contribution in [0.3, 0.4) is 0 Å². The van der Waals surface area contributed by atoms with E-state index >= 15 is 0 Å². The van der Waals surface area contributed by atoms with E-state index in [1.54, 1.807) is 36.4 Å². The highest BCUT2D eigenvalue weighted by Crippen LogP contribution is 2.38. The van der Waals surface area contributed by atoms with Gasteiger partial charge in [-0.2, -0.15) is 0 Å². The molecule has 2 aromatic carbocycles. The molecule has 23 heavy (non-hydrogen) atoms. The molecule has 0 heterocycles. The largest absolute Gasteiger partial charge is 0.493 e. The van der Waals surface area contributed by atoms with Crippen molar-refractivity contribution in [3.63, 3.8) is 0 Å². The molecule has 5 nitrogen and oxygen atoms in total. The molecular formula is C17H17ClO5. The average molecular weight is 337 g/mol. The zero-order valence-electron chi connectivity index (χ0n) is 13.1. The highest BCUT2D eigenvalue weighted by Gasteiger charge is 2.14. The van der Waals surface area contributed by atoms with Crippen LogP contribution in [-0.2, 0) is 11.3 Å². The summed E-state index contributed by atoms with van der Waals surface area (Å²) in [6.07, 6.45) is 0.